The molecule has 8 nitrogen and oxygen atoms in total. The Labute approximate surface area is 139 Å². The van der Waals surface area contributed by atoms with Crippen LogP contribution in [0.2, 0.25) is 0 Å². The van der Waals surface area contributed by atoms with Crippen molar-refractivity contribution < 1.29 is 9.53 Å². The Morgan fingerprint density at radius 2 is 2.42 bits per heavy atom. The summed E-state index contributed by atoms with van der Waals surface area (Å²) in [6.45, 7) is 3.80. The van der Waals surface area contributed by atoms with Crippen LogP contribution in [-0.4, -0.2) is 62.3 Å². The predicted molar refractivity (Wildman–Crippen MR) is 86.6 cm³/mol. The van der Waals surface area contributed by atoms with Crippen molar-refractivity contribution in [1.29, 1.82) is 0 Å². The van der Waals surface area contributed by atoms with Crippen LogP contribution in [0.5, 0.6) is 0 Å². The summed E-state index contributed by atoms with van der Waals surface area (Å²) in [5, 5.41) is 10.2. The second-order valence-electron chi connectivity index (χ2n) is 6.54. The van der Waals surface area contributed by atoms with E-state index in [2.05, 4.69) is 25.5 Å². The van der Waals surface area contributed by atoms with E-state index in [9.17, 15) is 4.79 Å². The molecular formula is C16H20N6O2. The summed E-state index contributed by atoms with van der Waals surface area (Å²) in [5.41, 5.74) is 1.09. The number of hydrogen-bond acceptors (Lipinski definition) is 6. The second kappa shape index (κ2) is 5.86. The normalized spacial score (nSPS) is 26.2. The van der Waals surface area contributed by atoms with Crippen molar-refractivity contribution in [2.75, 3.05) is 25.0 Å². The third-order valence-electron chi connectivity index (χ3n) is 4.65. The number of nitrogens with one attached hydrogen (secondary N) is 2. The molecule has 0 aromatic carbocycles. The molecule has 4 rings (SSSR count). The van der Waals surface area contributed by atoms with E-state index >= 15 is 0 Å². The van der Waals surface area contributed by atoms with Crippen molar-refractivity contribution in [2.24, 2.45) is 0 Å². The first kappa shape index (κ1) is 15.1. The van der Waals surface area contributed by atoms with Gasteiger partial charge in [-0.05, 0) is 19.4 Å². The van der Waals surface area contributed by atoms with E-state index in [4.69, 9.17) is 4.74 Å². The number of H-pyrrole nitrogens is 1. The molecule has 2 aliphatic rings. The molecule has 0 aliphatic carbocycles. The number of hydrogen-bond donors (Lipinski definition) is 2. The minimum Gasteiger partial charge on any atom is -0.371 e. The minimum atomic E-state index is -0.263. The fraction of sp³-hybridized carbons (Fsp3) is 0.500. The number of carbonyl (C=O) groups is 1. The standard InChI is InChI=1S/C16H20N6O2/c1-11-6-13(21-20-11)15(23)22-5-2-16(10-22)7-12(9-24-16)19-14-8-17-3-4-18-14/h3-4,6,8,12H,2,5,7,9-10H2,1H3,(H,18,19)(H,20,21)/t12-,16-/m1/s1. The third-order valence-corrected chi connectivity index (χ3v) is 4.65. The summed E-state index contributed by atoms with van der Waals surface area (Å²) in [4.78, 5) is 22.7. The van der Waals surface area contributed by atoms with Crippen LogP contribution in [0.25, 0.3) is 0 Å². The van der Waals surface area contributed by atoms with Gasteiger partial charge in [-0.15, -0.1) is 0 Å². The molecule has 1 amide bonds. The highest BCUT2D eigenvalue weighted by Gasteiger charge is 2.47. The Kier molecular flexibility index (Phi) is 3.68. The summed E-state index contributed by atoms with van der Waals surface area (Å²) < 4.78 is 6.07. The minimum absolute atomic E-state index is 0.0369. The third kappa shape index (κ3) is 2.84. The van der Waals surface area contributed by atoms with E-state index in [1.54, 1.807) is 24.7 Å². The van der Waals surface area contributed by atoms with E-state index in [0.717, 1.165) is 24.4 Å². The molecule has 24 heavy (non-hydrogen) atoms. The lowest BCUT2D eigenvalue weighted by atomic mass is 9.97. The number of amides is 1. The van der Waals surface area contributed by atoms with E-state index in [0.29, 0.717) is 25.4 Å². The molecule has 2 aliphatic heterocycles. The number of anilines is 1. The van der Waals surface area contributed by atoms with Gasteiger partial charge in [-0.2, -0.15) is 5.10 Å². The van der Waals surface area contributed by atoms with Gasteiger partial charge in [0.05, 0.1) is 31.0 Å². The van der Waals surface area contributed by atoms with Gasteiger partial charge >= 0.3 is 0 Å². The highest BCUT2D eigenvalue weighted by Crippen LogP contribution is 2.36. The first-order chi connectivity index (χ1) is 11.6. The molecule has 2 aromatic heterocycles. The van der Waals surface area contributed by atoms with E-state index in [1.807, 2.05) is 11.8 Å². The molecule has 126 valence electrons. The Morgan fingerprint density at radius 3 is 3.17 bits per heavy atom. The molecule has 4 heterocycles. The summed E-state index contributed by atoms with van der Waals surface area (Å²) in [7, 11) is 0. The molecule has 0 bridgehead atoms. The summed E-state index contributed by atoms with van der Waals surface area (Å²) in [5.74, 6) is 0.714. The fourth-order valence-corrected chi connectivity index (χ4v) is 3.51. The van der Waals surface area contributed by atoms with Crippen molar-refractivity contribution in [2.45, 2.75) is 31.4 Å². The molecule has 1 spiro atoms. The van der Waals surface area contributed by atoms with Crippen LogP contribution in [-0.2, 0) is 4.74 Å². The van der Waals surface area contributed by atoms with Crippen molar-refractivity contribution >= 4 is 11.7 Å². The number of aromatic amines is 1. The van der Waals surface area contributed by atoms with Crippen LogP contribution >= 0.6 is 0 Å². The maximum Gasteiger partial charge on any atom is 0.274 e. The lowest BCUT2D eigenvalue weighted by molar-refractivity contribution is 0.0124. The molecular weight excluding hydrogens is 308 g/mol. The van der Waals surface area contributed by atoms with Crippen LogP contribution in [0.15, 0.2) is 24.7 Å². The molecule has 0 radical (unpaired) electrons. The highest BCUT2D eigenvalue weighted by atomic mass is 16.5. The van der Waals surface area contributed by atoms with Gasteiger partial charge in [0.1, 0.15) is 11.5 Å². The largest absolute Gasteiger partial charge is 0.371 e. The smallest absolute Gasteiger partial charge is 0.274 e. The molecule has 2 aromatic rings. The monoisotopic (exact) mass is 328 g/mol. The first-order valence-corrected chi connectivity index (χ1v) is 8.11. The van der Waals surface area contributed by atoms with Crippen molar-refractivity contribution in [3.63, 3.8) is 0 Å². The van der Waals surface area contributed by atoms with E-state index < -0.39 is 0 Å². The van der Waals surface area contributed by atoms with Gasteiger partial charge in [-0.25, -0.2) is 4.98 Å². The molecule has 0 saturated carbocycles. The Morgan fingerprint density at radius 1 is 1.50 bits per heavy atom. The lowest BCUT2D eigenvalue weighted by Gasteiger charge is -2.23. The quantitative estimate of drug-likeness (QED) is 0.872. The second-order valence-corrected chi connectivity index (χ2v) is 6.54. The zero-order chi connectivity index (χ0) is 16.6. The number of aryl methyl sites for hydroxylation is 1. The van der Waals surface area contributed by atoms with Crippen LogP contribution in [0.4, 0.5) is 5.82 Å². The number of aromatic nitrogens is 4. The SMILES string of the molecule is Cc1cc(C(=O)N2CC[C@@]3(C[C@@H](Nc4cnccn4)CO3)C2)n[nH]1. The maximum absolute atomic E-state index is 12.5. The Hall–Kier alpha value is -2.48. The number of nitrogens with zero attached hydrogens (tertiary/aromatic N) is 4. The van der Waals surface area contributed by atoms with Gasteiger partial charge in [0, 0.05) is 31.1 Å². The zero-order valence-corrected chi connectivity index (χ0v) is 13.5. The maximum atomic E-state index is 12.5. The van der Waals surface area contributed by atoms with Crippen LogP contribution in [0.3, 0.4) is 0 Å². The number of ether oxygens (including phenoxy) is 1. The topological polar surface area (TPSA) is 96.0 Å². The summed E-state index contributed by atoms with van der Waals surface area (Å²) in [6.07, 6.45) is 6.72. The van der Waals surface area contributed by atoms with Gasteiger partial charge in [0.25, 0.3) is 5.91 Å². The van der Waals surface area contributed by atoms with E-state index in [1.165, 1.54) is 0 Å². The van der Waals surface area contributed by atoms with Crippen LogP contribution in [0, 0.1) is 6.92 Å². The highest BCUT2D eigenvalue weighted by molar-refractivity contribution is 5.92. The molecule has 2 saturated heterocycles. The average Bonchev–Trinajstić information content (AvgIpc) is 3.30. The molecule has 8 heteroatoms. The number of carbonyl (C=O) groups excluding carboxylic acids is 1. The van der Waals surface area contributed by atoms with Crippen LogP contribution in [0.1, 0.15) is 29.0 Å². The van der Waals surface area contributed by atoms with Crippen molar-refractivity contribution in [1.82, 2.24) is 25.1 Å². The van der Waals surface area contributed by atoms with Gasteiger partial charge in [-0.1, -0.05) is 0 Å². The van der Waals surface area contributed by atoms with E-state index in [-0.39, 0.29) is 17.6 Å². The fourth-order valence-electron chi connectivity index (χ4n) is 3.51. The summed E-state index contributed by atoms with van der Waals surface area (Å²) in [6, 6.07) is 1.96. The molecule has 2 atom stereocenters. The first-order valence-electron chi connectivity index (χ1n) is 8.11. The van der Waals surface area contributed by atoms with Gasteiger partial charge in [0.2, 0.25) is 0 Å². The molecule has 2 fully saturated rings. The van der Waals surface area contributed by atoms with Crippen molar-refractivity contribution in [3.05, 3.63) is 36.0 Å². The number of rotatable bonds is 3. The van der Waals surface area contributed by atoms with Gasteiger partial charge < -0.3 is 15.0 Å². The van der Waals surface area contributed by atoms with Crippen LogP contribution < -0.4 is 5.32 Å². The number of likely N-dealkylation sites (tertiary alicyclic amines) is 1. The zero-order valence-electron chi connectivity index (χ0n) is 13.5. The van der Waals surface area contributed by atoms with Gasteiger partial charge in [0.15, 0.2) is 0 Å². The van der Waals surface area contributed by atoms with Gasteiger partial charge in [-0.3, -0.25) is 14.9 Å². The Bertz CT molecular complexity index is 733. The molecule has 0 unspecified atom stereocenters. The summed E-state index contributed by atoms with van der Waals surface area (Å²) >= 11 is 0. The Balaban J connectivity index is 1.38. The lowest BCUT2D eigenvalue weighted by Crippen LogP contribution is -2.36. The molecule has 2 N–H and O–H groups in total. The van der Waals surface area contributed by atoms with Crippen molar-refractivity contribution in [3.8, 4) is 0 Å². The average molecular weight is 328 g/mol. The predicted octanol–water partition coefficient (Wildman–Crippen LogP) is 0.994.